The van der Waals surface area contributed by atoms with Gasteiger partial charge in [0.15, 0.2) is 11.5 Å². The van der Waals surface area contributed by atoms with Gasteiger partial charge in [0.05, 0.1) is 28.9 Å². The molecule has 0 radical (unpaired) electrons. The van der Waals surface area contributed by atoms with Crippen LogP contribution in [0.4, 0.5) is 5.00 Å². The normalized spacial score (nSPS) is 16.5. The van der Waals surface area contributed by atoms with Gasteiger partial charge in [-0.15, -0.1) is 11.3 Å². The minimum atomic E-state index is 0.0367. The number of anilines is 1. The SMILES string of the molecule is CN(C)C[C@@H]1CN(c2scnc2-c2nc3ccccc3[nH]2)CCN1C(=O)Cn1cnc2cccnc21. The highest BCUT2D eigenvalue weighted by Gasteiger charge is 2.33. The van der Waals surface area contributed by atoms with Crippen molar-refractivity contribution in [1.29, 1.82) is 0 Å². The third-order valence-corrected chi connectivity index (χ3v) is 7.39. The smallest absolute Gasteiger partial charge is 0.243 e. The minimum Gasteiger partial charge on any atom is -0.358 e. The first kappa shape index (κ1) is 22.6. The number of amides is 1. The Morgan fingerprint density at radius 1 is 1.11 bits per heavy atom. The van der Waals surface area contributed by atoms with Crippen molar-refractivity contribution in [2.75, 3.05) is 45.2 Å². The molecule has 10 nitrogen and oxygen atoms in total. The highest BCUT2D eigenvalue weighted by Crippen LogP contribution is 2.34. The van der Waals surface area contributed by atoms with Crippen molar-refractivity contribution in [2.45, 2.75) is 12.6 Å². The Balaban J connectivity index is 1.24. The number of para-hydroxylation sites is 2. The molecule has 1 aliphatic heterocycles. The molecule has 1 saturated heterocycles. The molecule has 0 aliphatic carbocycles. The lowest BCUT2D eigenvalue weighted by molar-refractivity contribution is -0.134. The number of rotatable bonds is 6. The van der Waals surface area contributed by atoms with E-state index in [1.165, 1.54) is 0 Å². The van der Waals surface area contributed by atoms with E-state index in [1.807, 2.05) is 65.5 Å². The Hall–Kier alpha value is -3.83. The maximum atomic E-state index is 13.5. The number of piperazine rings is 1. The van der Waals surface area contributed by atoms with Crippen molar-refractivity contribution in [2.24, 2.45) is 0 Å². The van der Waals surface area contributed by atoms with Crippen LogP contribution in [-0.2, 0) is 11.3 Å². The van der Waals surface area contributed by atoms with Crippen LogP contribution in [0, 0.1) is 0 Å². The largest absolute Gasteiger partial charge is 0.358 e. The number of hydrogen-bond acceptors (Lipinski definition) is 8. The van der Waals surface area contributed by atoms with Gasteiger partial charge in [0.25, 0.3) is 0 Å². The second-order valence-corrected chi connectivity index (χ2v) is 10.1. The Labute approximate surface area is 212 Å². The highest BCUT2D eigenvalue weighted by atomic mass is 32.1. The summed E-state index contributed by atoms with van der Waals surface area (Å²) in [5, 5.41) is 1.08. The topological polar surface area (TPSA) is 99.1 Å². The average molecular weight is 502 g/mol. The molecule has 1 aliphatic rings. The molecule has 1 atom stereocenters. The Bertz CT molecular complexity index is 1490. The summed E-state index contributed by atoms with van der Waals surface area (Å²) in [6, 6.07) is 11.8. The Kier molecular flexibility index (Phi) is 5.86. The van der Waals surface area contributed by atoms with Crippen LogP contribution in [0.1, 0.15) is 0 Å². The first-order valence-corrected chi connectivity index (χ1v) is 12.8. The molecule has 1 amide bonds. The summed E-state index contributed by atoms with van der Waals surface area (Å²) in [4.78, 5) is 41.6. The fourth-order valence-corrected chi connectivity index (χ4v) is 5.72. The Morgan fingerprint density at radius 3 is 2.83 bits per heavy atom. The van der Waals surface area contributed by atoms with Gasteiger partial charge in [-0.25, -0.2) is 19.9 Å². The summed E-state index contributed by atoms with van der Waals surface area (Å²) in [6.07, 6.45) is 3.43. The van der Waals surface area contributed by atoms with Crippen molar-refractivity contribution >= 4 is 44.4 Å². The van der Waals surface area contributed by atoms with Gasteiger partial charge < -0.3 is 24.3 Å². The van der Waals surface area contributed by atoms with Crippen LogP contribution < -0.4 is 4.90 Å². The number of fused-ring (bicyclic) bond motifs is 2. The van der Waals surface area contributed by atoms with E-state index in [2.05, 4.69) is 29.7 Å². The standard InChI is InChI=1S/C25H27N9OS/c1-31(2)12-17-13-32(25-22(28-16-36-25)23-29-18-6-3-4-7-19(18)30-23)10-11-34(17)21(35)14-33-15-27-20-8-5-9-26-24(20)33/h3-9,15-17H,10-14H2,1-2H3,(H,29,30)/t17-/m1/s1. The van der Waals surface area contributed by atoms with E-state index in [9.17, 15) is 4.79 Å². The molecule has 1 N–H and O–H groups in total. The number of aromatic amines is 1. The zero-order chi connectivity index (χ0) is 24.6. The van der Waals surface area contributed by atoms with Crippen LogP contribution in [0.5, 0.6) is 0 Å². The van der Waals surface area contributed by atoms with E-state index >= 15 is 0 Å². The zero-order valence-electron chi connectivity index (χ0n) is 20.2. The molecule has 184 valence electrons. The van der Waals surface area contributed by atoms with E-state index in [0.717, 1.165) is 58.4 Å². The molecule has 1 aromatic carbocycles. The predicted octanol–water partition coefficient (Wildman–Crippen LogP) is 2.71. The Morgan fingerprint density at radius 2 is 1.97 bits per heavy atom. The number of pyridine rings is 1. The monoisotopic (exact) mass is 501 g/mol. The molecule has 1 fully saturated rings. The highest BCUT2D eigenvalue weighted by molar-refractivity contribution is 7.14. The summed E-state index contributed by atoms with van der Waals surface area (Å²) < 4.78 is 1.83. The van der Waals surface area contributed by atoms with Gasteiger partial charge in [-0.2, -0.15) is 0 Å². The van der Waals surface area contributed by atoms with Crippen LogP contribution in [0.25, 0.3) is 33.7 Å². The number of nitrogens with zero attached hydrogens (tertiary/aromatic N) is 8. The number of carbonyl (C=O) groups excluding carboxylic acids is 1. The lowest BCUT2D eigenvalue weighted by Gasteiger charge is -2.43. The fourth-order valence-electron chi connectivity index (χ4n) is 4.89. The fraction of sp³-hybridized carbons (Fsp3) is 0.320. The summed E-state index contributed by atoms with van der Waals surface area (Å²) >= 11 is 1.61. The molecule has 36 heavy (non-hydrogen) atoms. The van der Waals surface area contributed by atoms with Crippen molar-refractivity contribution in [3.63, 3.8) is 0 Å². The van der Waals surface area contributed by atoms with E-state index in [4.69, 9.17) is 4.98 Å². The van der Waals surface area contributed by atoms with Gasteiger partial charge in [-0.1, -0.05) is 12.1 Å². The number of hydrogen-bond donors (Lipinski definition) is 1. The number of thiazole rings is 1. The summed E-state index contributed by atoms with van der Waals surface area (Å²) in [5.41, 5.74) is 6.17. The third kappa shape index (κ3) is 4.20. The number of carbonyl (C=O) groups is 1. The molecule has 11 heteroatoms. The van der Waals surface area contributed by atoms with Crippen LogP contribution in [0.3, 0.4) is 0 Å². The minimum absolute atomic E-state index is 0.0367. The number of likely N-dealkylation sites (N-methyl/N-ethyl adjacent to an activating group) is 1. The first-order chi connectivity index (χ1) is 17.6. The number of nitrogens with one attached hydrogen (secondary N) is 1. The van der Waals surface area contributed by atoms with Gasteiger partial charge in [-0.3, -0.25) is 4.79 Å². The molecule has 0 saturated carbocycles. The maximum absolute atomic E-state index is 13.5. The van der Waals surface area contributed by atoms with Gasteiger partial charge in [-0.05, 0) is 38.4 Å². The molecule has 0 spiro atoms. The van der Waals surface area contributed by atoms with E-state index < -0.39 is 0 Å². The summed E-state index contributed by atoms with van der Waals surface area (Å²) in [6.45, 7) is 3.08. The second kappa shape index (κ2) is 9.32. The van der Waals surface area contributed by atoms with Gasteiger partial charge >= 0.3 is 0 Å². The molecule has 5 heterocycles. The molecular weight excluding hydrogens is 474 g/mol. The van der Waals surface area contributed by atoms with Crippen LogP contribution >= 0.6 is 11.3 Å². The number of H-pyrrole nitrogens is 1. The molecule has 0 bridgehead atoms. The van der Waals surface area contributed by atoms with E-state index in [-0.39, 0.29) is 18.5 Å². The quantitative estimate of drug-likeness (QED) is 0.382. The van der Waals surface area contributed by atoms with Gasteiger partial charge in [0.1, 0.15) is 22.8 Å². The van der Waals surface area contributed by atoms with E-state index in [0.29, 0.717) is 6.54 Å². The lowest BCUT2D eigenvalue weighted by atomic mass is 10.1. The maximum Gasteiger partial charge on any atom is 0.243 e. The zero-order valence-corrected chi connectivity index (χ0v) is 21.0. The van der Waals surface area contributed by atoms with Crippen molar-refractivity contribution in [1.82, 2.24) is 39.3 Å². The third-order valence-electron chi connectivity index (χ3n) is 6.51. The number of benzene rings is 1. The molecule has 6 rings (SSSR count). The van der Waals surface area contributed by atoms with Crippen LogP contribution in [0.15, 0.2) is 54.4 Å². The second-order valence-electron chi connectivity index (χ2n) is 9.28. The van der Waals surface area contributed by atoms with Crippen molar-refractivity contribution in [3.8, 4) is 11.5 Å². The van der Waals surface area contributed by atoms with Crippen molar-refractivity contribution in [3.05, 3.63) is 54.4 Å². The van der Waals surface area contributed by atoms with Crippen molar-refractivity contribution < 1.29 is 4.79 Å². The first-order valence-electron chi connectivity index (χ1n) is 11.9. The lowest BCUT2D eigenvalue weighted by Crippen LogP contribution is -2.58. The van der Waals surface area contributed by atoms with Gasteiger partial charge in [0, 0.05) is 32.4 Å². The van der Waals surface area contributed by atoms with E-state index in [1.54, 1.807) is 23.9 Å². The number of aromatic nitrogens is 6. The van der Waals surface area contributed by atoms with Crippen LogP contribution in [-0.4, -0.2) is 91.5 Å². The van der Waals surface area contributed by atoms with Gasteiger partial charge in [0.2, 0.25) is 5.91 Å². The average Bonchev–Trinajstić information content (AvgIpc) is 3.62. The van der Waals surface area contributed by atoms with Crippen LogP contribution in [0.2, 0.25) is 0 Å². The molecule has 5 aromatic rings. The summed E-state index contributed by atoms with van der Waals surface area (Å²) in [7, 11) is 4.09. The number of imidazole rings is 2. The molecule has 4 aromatic heterocycles. The predicted molar refractivity (Wildman–Crippen MR) is 141 cm³/mol. The molecular formula is C25H27N9OS. The summed E-state index contributed by atoms with van der Waals surface area (Å²) in [5.74, 6) is 0.850. The molecule has 0 unspecified atom stereocenters.